The molecule has 0 spiro atoms. The van der Waals surface area contributed by atoms with Crippen molar-refractivity contribution in [3.8, 4) is 0 Å². The van der Waals surface area contributed by atoms with E-state index in [-0.39, 0.29) is 5.72 Å². The largest absolute Gasteiger partial charge is 0.362 e. The van der Waals surface area contributed by atoms with E-state index in [0.29, 0.717) is 6.23 Å². The van der Waals surface area contributed by atoms with E-state index in [1.54, 1.807) is 0 Å². The van der Waals surface area contributed by atoms with Gasteiger partial charge in [-0.15, -0.1) is 0 Å². The van der Waals surface area contributed by atoms with Crippen molar-refractivity contribution in [2.75, 3.05) is 39.4 Å². The molecule has 0 radical (unpaired) electrons. The van der Waals surface area contributed by atoms with Crippen LogP contribution in [0.5, 0.6) is 0 Å². The lowest BCUT2D eigenvalue weighted by molar-refractivity contribution is -0.0778. The summed E-state index contributed by atoms with van der Waals surface area (Å²) in [5.41, 5.74) is -0.0495. The molecule has 0 aromatic rings. The summed E-state index contributed by atoms with van der Waals surface area (Å²) in [6.45, 7) is 13.4. The molecule has 0 aromatic carbocycles. The summed E-state index contributed by atoms with van der Waals surface area (Å²) in [7, 11) is 0. The second-order valence-corrected chi connectivity index (χ2v) is 9.80. The number of unbranched alkanes of at least 4 members (excludes halogenated alkanes) is 10. The zero-order chi connectivity index (χ0) is 21.5. The van der Waals surface area contributed by atoms with Gasteiger partial charge >= 0.3 is 0 Å². The Morgan fingerprint density at radius 2 is 1.37 bits per heavy atom. The summed E-state index contributed by atoms with van der Waals surface area (Å²) in [6, 6.07) is 0. The third-order valence-corrected chi connectivity index (χ3v) is 7.21. The Hall–Kier alpha value is -0.160. The Kier molecular flexibility index (Phi) is 13.6. The van der Waals surface area contributed by atoms with Gasteiger partial charge in [-0.2, -0.15) is 0 Å². The molecule has 4 nitrogen and oxygen atoms in total. The molecular weight excluding hydrogens is 372 g/mol. The molecule has 0 aliphatic carbocycles. The Balaban J connectivity index is 1.60. The topological polar surface area (TPSA) is 24.9 Å². The maximum absolute atomic E-state index is 6.22. The highest BCUT2D eigenvalue weighted by Crippen LogP contribution is 2.30. The van der Waals surface area contributed by atoms with E-state index in [1.807, 2.05) is 0 Å². The lowest BCUT2D eigenvalue weighted by Crippen LogP contribution is -2.43. The van der Waals surface area contributed by atoms with Crippen LogP contribution in [0.25, 0.3) is 0 Å². The molecule has 2 aliphatic heterocycles. The van der Waals surface area contributed by atoms with Crippen molar-refractivity contribution in [3.05, 3.63) is 0 Å². The van der Waals surface area contributed by atoms with Crippen LogP contribution in [0.15, 0.2) is 0 Å². The first-order valence-corrected chi connectivity index (χ1v) is 13.4. The van der Waals surface area contributed by atoms with E-state index in [2.05, 4.69) is 30.6 Å². The van der Waals surface area contributed by atoms with Gasteiger partial charge in [0.2, 0.25) is 0 Å². The van der Waals surface area contributed by atoms with Crippen LogP contribution in [0.1, 0.15) is 117 Å². The molecule has 0 aromatic heterocycles. The molecule has 2 fully saturated rings. The lowest BCUT2D eigenvalue weighted by Gasteiger charge is -2.34. The van der Waals surface area contributed by atoms with Crippen LogP contribution in [-0.4, -0.2) is 61.1 Å². The zero-order valence-electron chi connectivity index (χ0n) is 20.6. The molecule has 2 aliphatic rings. The second kappa shape index (κ2) is 15.6. The third-order valence-electron chi connectivity index (χ3n) is 7.21. The average molecular weight is 425 g/mol. The lowest BCUT2D eigenvalue weighted by atomic mass is 10.0. The van der Waals surface area contributed by atoms with Gasteiger partial charge in [-0.3, -0.25) is 9.80 Å². The highest BCUT2D eigenvalue weighted by atomic mass is 16.5. The molecular formula is C26H52N2O2. The highest BCUT2D eigenvalue weighted by molar-refractivity contribution is 4.83. The van der Waals surface area contributed by atoms with Crippen molar-refractivity contribution in [2.24, 2.45) is 0 Å². The molecule has 0 saturated carbocycles. The molecule has 0 bridgehead atoms. The van der Waals surface area contributed by atoms with Gasteiger partial charge in [0, 0.05) is 26.2 Å². The van der Waals surface area contributed by atoms with Gasteiger partial charge in [-0.05, 0) is 39.0 Å². The molecule has 30 heavy (non-hydrogen) atoms. The zero-order valence-corrected chi connectivity index (χ0v) is 20.6. The van der Waals surface area contributed by atoms with Crippen molar-refractivity contribution in [3.63, 3.8) is 0 Å². The Morgan fingerprint density at radius 3 is 2.07 bits per heavy atom. The molecule has 4 heteroatoms. The van der Waals surface area contributed by atoms with E-state index in [4.69, 9.17) is 9.47 Å². The Bertz CT molecular complexity index is 420. The fraction of sp³-hybridized carbons (Fsp3) is 1.00. The summed E-state index contributed by atoms with van der Waals surface area (Å²) >= 11 is 0. The van der Waals surface area contributed by atoms with Crippen LogP contribution < -0.4 is 0 Å². The van der Waals surface area contributed by atoms with Gasteiger partial charge in [0.05, 0.1) is 13.2 Å². The van der Waals surface area contributed by atoms with Crippen LogP contribution in [0.4, 0.5) is 0 Å². The van der Waals surface area contributed by atoms with Crippen molar-refractivity contribution in [1.82, 2.24) is 9.80 Å². The standard InChI is InChI=1S/C26H52N2O2/c1-4-6-8-10-12-14-19-27-21-23-29-25(27)17-16-18-26(3)28(22-24-30-26)20-15-13-11-9-7-5-2/h25H,4-24H2,1-3H3. The van der Waals surface area contributed by atoms with E-state index in [1.165, 1.54) is 96.6 Å². The van der Waals surface area contributed by atoms with Gasteiger partial charge in [0.1, 0.15) is 12.0 Å². The summed E-state index contributed by atoms with van der Waals surface area (Å²) in [5, 5.41) is 0. The number of ether oxygens (including phenoxy) is 2. The number of rotatable bonds is 18. The van der Waals surface area contributed by atoms with E-state index < -0.39 is 0 Å². The molecule has 2 unspecified atom stereocenters. The molecule has 178 valence electrons. The first kappa shape index (κ1) is 26.1. The maximum atomic E-state index is 6.22. The highest BCUT2D eigenvalue weighted by Gasteiger charge is 2.37. The summed E-state index contributed by atoms with van der Waals surface area (Å²) in [5.74, 6) is 0. The summed E-state index contributed by atoms with van der Waals surface area (Å²) in [4.78, 5) is 5.20. The van der Waals surface area contributed by atoms with E-state index >= 15 is 0 Å². The normalized spacial score (nSPS) is 25.5. The Morgan fingerprint density at radius 1 is 0.733 bits per heavy atom. The minimum atomic E-state index is -0.0495. The predicted molar refractivity (Wildman–Crippen MR) is 128 cm³/mol. The fourth-order valence-corrected chi connectivity index (χ4v) is 5.14. The van der Waals surface area contributed by atoms with Crippen LogP contribution in [-0.2, 0) is 9.47 Å². The van der Waals surface area contributed by atoms with Crippen LogP contribution in [0.3, 0.4) is 0 Å². The quantitative estimate of drug-likeness (QED) is 0.232. The Labute approximate surface area is 188 Å². The smallest absolute Gasteiger partial charge is 0.119 e. The van der Waals surface area contributed by atoms with Gasteiger partial charge < -0.3 is 9.47 Å². The van der Waals surface area contributed by atoms with Crippen molar-refractivity contribution >= 4 is 0 Å². The maximum Gasteiger partial charge on any atom is 0.119 e. The molecule has 2 atom stereocenters. The average Bonchev–Trinajstić information content (AvgIpc) is 3.34. The molecule has 0 amide bonds. The minimum absolute atomic E-state index is 0.0495. The van der Waals surface area contributed by atoms with Gasteiger partial charge in [-0.1, -0.05) is 78.1 Å². The van der Waals surface area contributed by atoms with E-state index in [0.717, 1.165) is 39.1 Å². The predicted octanol–water partition coefficient (Wildman–Crippen LogP) is 6.58. The van der Waals surface area contributed by atoms with E-state index in [9.17, 15) is 0 Å². The van der Waals surface area contributed by atoms with Crippen LogP contribution >= 0.6 is 0 Å². The summed E-state index contributed by atoms with van der Waals surface area (Å²) < 4.78 is 12.3. The number of hydrogen-bond donors (Lipinski definition) is 0. The molecule has 0 N–H and O–H groups in total. The molecule has 2 saturated heterocycles. The second-order valence-electron chi connectivity index (χ2n) is 9.80. The first-order valence-electron chi connectivity index (χ1n) is 13.4. The molecule has 2 heterocycles. The van der Waals surface area contributed by atoms with Crippen molar-refractivity contribution in [1.29, 1.82) is 0 Å². The fourth-order valence-electron chi connectivity index (χ4n) is 5.14. The van der Waals surface area contributed by atoms with Crippen molar-refractivity contribution in [2.45, 2.75) is 129 Å². The van der Waals surface area contributed by atoms with Crippen LogP contribution in [0, 0.1) is 0 Å². The molecule has 2 rings (SSSR count). The van der Waals surface area contributed by atoms with Gasteiger partial charge in [0.15, 0.2) is 0 Å². The van der Waals surface area contributed by atoms with Crippen LogP contribution in [0.2, 0.25) is 0 Å². The third kappa shape index (κ3) is 9.54. The number of nitrogens with zero attached hydrogens (tertiary/aromatic N) is 2. The number of hydrogen-bond acceptors (Lipinski definition) is 4. The monoisotopic (exact) mass is 424 g/mol. The van der Waals surface area contributed by atoms with Gasteiger partial charge in [-0.25, -0.2) is 0 Å². The SMILES string of the molecule is CCCCCCCCN1CCOC1CCCC1(C)OCCN1CCCCCCCC. The summed E-state index contributed by atoms with van der Waals surface area (Å²) in [6.07, 6.45) is 20.3. The first-order chi connectivity index (χ1) is 14.7. The minimum Gasteiger partial charge on any atom is -0.362 e. The van der Waals surface area contributed by atoms with Crippen molar-refractivity contribution < 1.29 is 9.47 Å². The van der Waals surface area contributed by atoms with Gasteiger partial charge in [0.25, 0.3) is 0 Å².